The number of carbonyl (C=O) groups excluding carboxylic acids is 1. The van der Waals surface area contributed by atoms with E-state index in [0.29, 0.717) is 13.0 Å². The van der Waals surface area contributed by atoms with Crippen LogP contribution in [0.15, 0.2) is 0 Å². The summed E-state index contributed by atoms with van der Waals surface area (Å²) in [7, 11) is 0. The Morgan fingerprint density at radius 2 is 2.00 bits per heavy atom. The summed E-state index contributed by atoms with van der Waals surface area (Å²) < 4.78 is 0. The lowest BCUT2D eigenvalue weighted by atomic mass is 9.86. The molecular weight excluding hydrogens is 220 g/mol. The number of rotatable bonds is 2. The number of carbonyl (C=O) groups is 2. The zero-order valence-corrected chi connectivity index (χ0v) is 10.8. The van der Waals surface area contributed by atoms with Crippen molar-refractivity contribution in [3.05, 3.63) is 0 Å². The van der Waals surface area contributed by atoms with Gasteiger partial charge in [-0.3, -0.25) is 9.59 Å². The Balaban J connectivity index is 2.67. The van der Waals surface area contributed by atoms with Crippen LogP contribution in [0.1, 0.15) is 33.6 Å². The van der Waals surface area contributed by atoms with E-state index in [2.05, 4.69) is 0 Å². The minimum absolute atomic E-state index is 0.136. The molecule has 1 rings (SSSR count). The average molecular weight is 242 g/mol. The van der Waals surface area contributed by atoms with Crippen LogP contribution in [0.3, 0.4) is 0 Å². The quantitative estimate of drug-likeness (QED) is 0.746. The van der Waals surface area contributed by atoms with Crippen LogP contribution < -0.4 is 5.73 Å². The van der Waals surface area contributed by atoms with Crippen LogP contribution in [0.2, 0.25) is 0 Å². The van der Waals surface area contributed by atoms with Gasteiger partial charge < -0.3 is 15.7 Å². The number of aliphatic carboxylic acids is 1. The number of amides is 1. The van der Waals surface area contributed by atoms with Gasteiger partial charge in [-0.2, -0.15) is 0 Å². The van der Waals surface area contributed by atoms with E-state index < -0.39 is 17.9 Å². The lowest BCUT2D eigenvalue weighted by molar-refractivity contribution is -0.146. The highest BCUT2D eigenvalue weighted by molar-refractivity contribution is 5.83. The SMILES string of the molecule is CC(C)(C)[C@@H](N)C(=O)N1CCC[C@H](C(=O)O)C1. The maximum absolute atomic E-state index is 12.1. The molecule has 3 N–H and O–H groups in total. The summed E-state index contributed by atoms with van der Waals surface area (Å²) in [6.07, 6.45) is 1.38. The lowest BCUT2D eigenvalue weighted by Gasteiger charge is -2.36. The summed E-state index contributed by atoms with van der Waals surface area (Å²) in [4.78, 5) is 24.6. The molecule has 5 nitrogen and oxygen atoms in total. The van der Waals surface area contributed by atoms with Crippen LogP contribution in [0, 0.1) is 11.3 Å². The summed E-state index contributed by atoms with van der Waals surface area (Å²) in [5.41, 5.74) is 5.61. The first-order valence-electron chi connectivity index (χ1n) is 6.00. The second-order valence-corrected chi connectivity index (χ2v) is 5.81. The highest BCUT2D eigenvalue weighted by Gasteiger charge is 2.34. The molecule has 0 aromatic carbocycles. The molecular formula is C12H22N2O3. The molecule has 1 amide bonds. The molecule has 1 aliphatic heterocycles. The van der Waals surface area contributed by atoms with Crippen molar-refractivity contribution in [1.82, 2.24) is 4.90 Å². The van der Waals surface area contributed by atoms with Crippen molar-refractivity contribution in [1.29, 1.82) is 0 Å². The maximum Gasteiger partial charge on any atom is 0.308 e. The van der Waals surface area contributed by atoms with Gasteiger partial charge in [-0.15, -0.1) is 0 Å². The summed E-state index contributed by atoms with van der Waals surface area (Å²) in [6, 6.07) is -0.574. The molecule has 5 heteroatoms. The van der Waals surface area contributed by atoms with Crippen molar-refractivity contribution in [2.24, 2.45) is 17.1 Å². The second-order valence-electron chi connectivity index (χ2n) is 5.81. The molecule has 0 aromatic heterocycles. The molecule has 0 aliphatic carbocycles. The maximum atomic E-state index is 12.1. The fourth-order valence-corrected chi connectivity index (χ4v) is 1.95. The van der Waals surface area contributed by atoms with Gasteiger partial charge >= 0.3 is 5.97 Å². The van der Waals surface area contributed by atoms with Crippen LogP contribution in [-0.2, 0) is 9.59 Å². The molecule has 1 saturated heterocycles. The predicted molar refractivity (Wildman–Crippen MR) is 64.4 cm³/mol. The minimum Gasteiger partial charge on any atom is -0.481 e. The standard InChI is InChI=1S/C12H22N2O3/c1-12(2,3)9(13)10(15)14-6-4-5-8(7-14)11(16)17/h8-9H,4-7,13H2,1-3H3,(H,16,17)/t8-,9-/m0/s1. The van der Waals surface area contributed by atoms with Gasteiger partial charge in [0.05, 0.1) is 12.0 Å². The number of likely N-dealkylation sites (tertiary alicyclic amines) is 1. The molecule has 17 heavy (non-hydrogen) atoms. The van der Waals surface area contributed by atoms with Gasteiger partial charge in [-0.05, 0) is 18.3 Å². The van der Waals surface area contributed by atoms with E-state index in [4.69, 9.17) is 10.8 Å². The topological polar surface area (TPSA) is 83.6 Å². The molecule has 0 spiro atoms. The lowest BCUT2D eigenvalue weighted by Crippen LogP contribution is -2.53. The number of nitrogens with zero attached hydrogens (tertiary/aromatic N) is 1. The van der Waals surface area contributed by atoms with Crippen LogP contribution in [0.25, 0.3) is 0 Å². The average Bonchev–Trinajstić information content (AvgIpc) is 2.26. The second kappa shape index (κ2) is 5.04. The molecule has 2 atom stereocenters. The van der Waals surface area contributed by atoms with E-state index in [1.54, 1.807) is 4.90 Å². The van der Waals surface area contributed by atoms with Gasteiger partial charge in [0.25, 0.3) is 0 Å². The third-order valence-electron chi connectivity index (χ3n) is 3.28. The highest BCUT2D eigenvalue weighted by Crippen LogP contribution is 2.22. The smallest absolute Gasteiger partial charge is 0.308 e. The number of piperidine rings is 1. The molecule has 0 saturated carbocycles. The van der Waals surface area contributed by atoms with Crippen molar-refractivity contribution in [2.75, 3.05) is 13.1 Å². The van der Waals surface area contributed by atoms with E-state index in [1.807, 2.05) is 20.8 Å². The molecule has 0 aromatic rings. The predicted octanol–water partition coefficient (Wildman–Crippen LogP) is 0.683. The molecule has 0 radical (unpaired) electrons. The monoisotopic (exact) mass is 242 g/mol. The van der Waals surface area contributed by atoms with Crippen LogP contribution in [-0.4, -0.2) is 41.0 Å². The molecule has 98 valence electrons. The zero-order valence-electron chi connectivity index (χ0n) is 10.8. The number of carboxylic acids is 1. The van der Waals surface area contributed by atoms with E-state index in [-0.39, 0.29) is 17.9 Å². The van der Waals surface area contributed by atoms with Gasteiger partial charge in [-0.25, -0.2) is 0 Å². The van der Waals surface area contributed by atoms with Gasteiger partial charge in [-0.1, -0.05) is 20.8 Å². The summed E-state index contributed by atoms with van der Waals surface area (Å²) in [5.74, 6) is -1.41. The van der Waals surface area contributed by atoms with E-state index in [9.17, 15) is 9.59 Å². The van der Waals surface area contributed by atoms with Crippen molar-refractivity contribution in [3.8, 4) is 0 Å². The number of hydrogen-bond donors (Lipinski definition) is 2. The Hall–Kier alpha value is -1.10. The number of nitrogens with two attached hydrogens (primary N) is 1. The largest absolute Gasteiger partial charge is 0.481 e. The Kier molecular flexibility index (Phi) is 4.14. The molecule has 1 heterocycles. The number of hydrogen-bond acceptors (Lipinski definition) is 3. The van der Waals surface area contributed by atoms with Crippen molar-refractivity contribution < 1.29 is 14.7 Å². The van der Waals surface area contributed by atoms with Gasteiger partial charge in [0.2, 0.25) is 5.91 Å². The first kappa shape index (κ1) is 14.0. The molecule has 0 bridgehead atoms. The summed E-state index contributed by atoms with van der Waals surface area (Å²) in [5, 5.41) is 8.97. The van der Waals surface area contributed by atoms with Gasteiger partial charge in [0.15, 0.2) is 0 Å². The van der Waals surface area contributed by atoms with Crippen LogP contribution in [0.5, 0.6) is 0 Å². The van der Waals surface area contributed by atoms with Crippen LogP contribution >= 0.6 is 0 Å². The third kappa shape index (κ3) is 3.43. The van der Waals surface area contributed by atoms with Gasteiger partial charge in [0, 0.05) is 13.1 Å². The summed E-state index contributed by atoms with van der Waals surface area (Å²) in [6.45, 7) is 6.64. The fraction of sp³-hybridized carbons (Fsp3) is 0.833. The fourth-order valence-electron chi connectivity index (χ4n) is 1.95. The van der Waals surface area contributed by atoms with E-state index in [0.717, 1.165) is 6.42 Å². The zero-order chi connectivity index (χ0) is 13.2. The molecule has 1 fully saturated rings. The Bertz CT molecular complexity index is 309. The normalized spacial score (nSPS) is 23.3. The minimum atomic E-state index is -0.827. The van der Waals surface area contributed by atoms with Crippen molar-refractivity contribution >= 4 is 11.9 Å². The molecule has 1 aliphatic rings. The van der Waals surface area contributed by atoms with E-state index in [1.165, 1.54) is 0 Å². The van der Waals surface area contributed by atoms with Crippen molar-refractivity contribution in [3.63, 3.8) is 0 Å². The highest BCUT2D eigenvalue weighted by atomic mass is 16.4. The summed E-state index contributed by atoms with van der Waals surface area (Å²) >= 11 is 0. The number of carboxylic acid groups (broad SMARTS) is 1. The van der Waals surface area contributed by atoms with E-state index >= 15 is 0 Å². The van der Waals surface area contributed by atoms with Crippen LogP contribution in [0.4, 0.5) is 0 Å². The Morgan fingerprint density at radius 1 is 1.41 bits per heavy atom. The first-order valence-corrected chi connectivity index (χ1v) is 6.00. The Morgan fingerprint density at radius 3 is 2.47 bits per heavy atom. The Labute approximate surface area is 102 Å². The van der Waals surface area contributed by atoms with Crippen molar-refractivity contribution in [2.45, 2.75) is 39.7 Å². The third-order valence-corrected chi connectivity index (χ3v) is 3.28. The van der Waals surface area contributed by atoms with Gasteiger partial charge in [0.1, 0.15) is 0 Å². The first-order chi connectivity index (χ1) is 7.73. The molecule has 0 unspecified atom stereocenters.